The molecule has 2 rings (SSSR count). The molecule has 0 spiro atoms. The SMILES string of the molecule is O=C(NCCOCc1ccc(Cl)cc1)NC(CO)c1ccccc1. The number of carbonyl (C=O) groups is 1. The molecule has 0 radical (unpaired) electrons. The predicted molar refractivity (Wildman–Crippen MR) is 93.9 cm³/mol. The second kappa shape index (κ2) is 9.93. The summed E-state index contributed by atoms with van der Waals surface area (Å²) >= 11 is 5.81. The maximum atomic E-state index is 11.9. The summed E-state index contributed by atoms with van der Waals surface area (Å²) in [4.78, 5) is 11.9. The minimum Gasteiger partial charge on any atom is -0.394 e. The summed E-state index contributed by atoms with van der Waals surface area (Å²) < 4.78 is 5.49. The van der Waals surface area contributed by atoms with Crippen LogP contribution in [0.5, 0.6) is 0 Å². The van der Waals surface area contributed by atoms with E-state index in [4.69, 9.17) is 16.3 Å². The molecule has 0 aliphatic heterocycles. The van der Waals surface area contributed by atoms with Gasteiger partial charge < -0.3 is 20.5 Å². The molecule has 2 amide bonds. The largest absolute Gasteiger partial charge is 0.394 e. The molecule has 0 saturated heterocycles. The third-order valence-corrected chi connectivity index (χ3v) is 3.66. The van der Waals surface area contributed by atoms with E-state index in [0.717, 1.165) is 11.1 Å². The van der Waals surface area contributed by atoms with E-state index in [1.807, 2.05) is 54.6 Å². The average molecular weight is 349 g/mol. The van der Waals surface area contributed by atoms with Crippen LogP contribution >= 0.6 is 11.6 Å². The third-order valence-electron chi connectivity index (χ3n) is 3.40. The predicted octanol–water partition coefficient (Wildman–Crippen LogP) is 2.89. The van der Waals surface area contributed by atoms with Gasteiger partial charge in [-0.3, -0.25) is 0 Å². The number of hydrogen-bond acceptors (Lipinski definition) is 3. The van der Waals surface area contributed by atoms with Crippen LogP contribution in [0, 0.1) is 0 Å². The van der Waals surface area contributed by atoms with Crippen molar-refractivity contribution in [3.63, 3.8) is 0 Å². The number of ether oxygens (including phenoxy) is 1. The highest BCUT2D eigenvalue weighted by atomic mass is 35.5. The Hall–Kier alpha value is -2.08. The number of carbonyl (C=O) groups excluding carboxylic acids is 1. The maximum Gasteiger partial charge on any atom is 0.315 e. The van der Waals surface area contributed by atoms with E-state index in [1.165, 1.54) is 0 Å². The molecule has 3 N–H and O–H groups in total. The number of aliphatic hydroxyl groups excluding tert-OH is 1. The van der Waals surface area contributed by atoms with Crippen LogP contribution < -0.4 is 10.6 Å². The van der Waals surface area contributed by atoms with Gasteiger partial charge in [-0.15, -0.1) is 0 Å². The number of amides is 2. The molecule has 0 saturated carbocycles. The summed E-state index contributed by atoms with van der Waals surface area (Å²) in [5, 5.41) is 15.5. The van der Waals surface area contributed by atoms with E-state index < -0.39 is 6.04 Å². The molecule has 5 nitrogen and oxygen atoms in total. The Morgan fingerprint density at radius 3 is 2.50 bits per heavy atom. The topological polar surface area (TPSA) is 70.6 Å². The van der Waals surface area contributed by atoms with Crippen LogP contribution in [0.15, 0.2) is 54.6 Å². The van der Waals surface area contributed by atoms with Crippen LogP contribution in [0.1, 0.15) is 17.2 Å². The lowest BCUT2D eigenvalue weighted by atomic mass is 10.1. The minimum atomic E-state index is -0.429. The third kappa shape index (κ3) is 6.20. The maximum absolute atomic E-state index is 11.9. The van der Waals surface area contributed by atoms with Gasteiger partial charge in [0.1, 0.15) is 0 Å². The average Bonchev–Trinajstić information content (AvgIpc) is 2.61. The number of benzene rings is 2. The highest BCUT2D eigenvalue weighted by molar-refractivity contribution is 6.30. The Labute approximate surface area is 146 Å². The van der Waals surface area contributed by atoms with Crippen molar-refractivity contribution in [1.29, 1.82) is 0 Å². The van der Waals surface area contributed by atoms with E-state index in [2.05, 4.69) is 10.6 Å². The molecule has 1 atom stereocenters. The van der Waals surface area contributed by atoms with Gasteiger partial charge >= 0.3 is 6.03 Å². The van der Waals surface area contributed by atoms with Gasteiger partial charge in [-0.05, 0) is 23.3 Å². The first kappa shape index (κ1) is 18.3. The molecular weight excluding hydrogens is 328 g/mol. The standard InChI is InChI=1S/C18H21ClN2O3/c19-16-8-6-14(7-9-16)13-24-11-10-20-18(23)21-17(12-22)15-4-2-1-3-5-15/h1-9,17,22H,10-13H2,(H2,20,21,23). The second-order valence-corrected chi connectivity index (χ2v) is 5.66. The van der Waals surface area contributed by atoms with Crippen molar-refractivity contribution in [3.05, 3.63) is 70.7 Å². The van der Waals surface area contributed by atoms with Crippen molar-refractivity contribution in [2.75, 3.05) is 19.8 Å². The molecule has 6 heteroatoms. The van der Waals surface area contributed by atoms with Crippen molar-refractivity contribution < 1.29 is 14.6 Å². The normalized spacial score (nSPS) is 11.8. The summed E-state index contributed by atoms with van der Waals surface area (Å²) in [5.74, 6) is 0. The summed E-state index contributed by atoms with van der Waals surface area (Å²) in [6.45, 7) is 1.08. The van der Waals surface area contributed by atoms with Crippen LogP contribution in [0.25, 0.3) is 0 Å². The van der Waals surface area contributed by atoms with Crippen molar-refractivity contribution in [3.8, 4) is 0 Å². The van der Waals surface area contributed by atoms with Crippen molar-refractivity contribution in [2.24, 2.45) is 0 Å². The van der Waals surface area contributed by atoms with Gasteiger partial charge in [-0.2, -0.15) is 0 Å². The minimum absolute atomic E-state index is 0.162. The number of hydrogen-bond donors (Lipinski definition) is 3. The summed E-state index contributed by atoms with van der Waals surface area (Å²) in [6, 6.07) is 16.0. The Morgan fingerprint density at radius 2 is 1.83 bits per heavy atom. The van der Waals surface area contributed by atoms with Crippen molar-refractivity contribution >= 4 is 17.6 Å². The van der Waals surface area contributed by atoms with Crippen LogP contribution in [-0.4, -0.2) is 30.9 Å². The van der Waals surface area contributed by atoms with Crippen molar-refractivity contribution in [2.45, 2.75) is 12.6 Å². The lowest BCUT2D eigenvalue weighted by Gasteiger charge is -2.17. The number of rotatable bonds is 8. The molecule has 0 aromatic heterocycles. The molecular formula is C18H21ClN2O3. The first-order valence-corrected chi connectivity index (χ1v) is 8.09. The quantitative estimate of drug-likeness (QED) is 0.642. The summed E-state index contributed by atoms with van der Waals surface area (Å²) in [6.07, 6.45) is 0. The molecule has 2 aromatic carbocycles. The fourth-order valence-corrected chi connectivity index (χ4v) is 2.26. The van der Waals surface area contributed by atoms with E-state index in [1.54, 1.807) is 0 Å². The van der Waals surface area contributed by atoms with Gasteiger partial charge in [0.15, 0.2) is 0 Å². The summed E-state index contributed by atoms with van der Waals surface area (Å²) in [7, 11) is 0. The first-order valence-electron chi connectivity index (χ1n) is 7.71. The Balaban J connectivity index is 1.65. The van der Waals surface area contributed by atoms with Gasteiger partial charge in [0.2, 0.25) is 0 Å². The van der Waals surface area contributed by atoms with Crippen LogP contribution in [0.4, 0.5) is 4.79 Å². The molecule has 0 heterocycles. The highest BCUT2D eigenvalue weighted by Gasteiger charge is 2.12. The van der Waals surface area contributed by atoms with E-state index >= 15 is 0 Å². The van der Waals surface area contributed by atoms with Gasteiger partial charge in [0.05, 0.1) is 25.9 Å². The highest BCUT2D eigenvalue weighted by Crippen LogP contribution is 2.11. The van der Waals surface area contributed by atoms with Gasteiger partial charge in [0.25, 0.3) is 0 Å². The fraction of sp³-hybridized carbons (Fsp3) is 0.278. The number of nitrogens with one attached hydrogen (secondary N) is 2. The number of aliphatic hydroxyl groups is 1. The molecule has 24 heavy (non-hydrogen) atoms. The van der Waals surface area contributed by atoms with E-state index in [-0.39, 0.29) is 12.6 Å². The zero-order valence-electron chi connectivity index (χ0n) is 13.2. The lowest BCUT2D eigenvalue weighted by Crippen LogP contribution is -2.40. The number of urea groups is 1. The molecule has 0 fully saturated rings. The van der Waals surface area contributed by atoms with Crippen LogP contribution in [-0.2, 0) is 11.3 Å². The second-order valence-electron chi connectivity index (χ2n) is 5.23. The fourth-order valence-electron chi connectivity index (χ4n) is 2.14. The summed E-state index contributed by atoms with van der Waals surface area (Å²) in [5.41, 5.74) is 1.88. The molecule has 1 unspecified atom stereocenters. The lowest BCUT2D eigenvalue weighted by molar-refractivity contribution is 0.123. The molecule has 0 bridgehead atoms. The molecule has 0 aliphatic rings. The van der Waals surface area contributed by atoms with Gasteiger partial charge in [0, 0.05) is 11.6 Å². The first-order chi connectivity index (χ1) is 11.7. The van der Waals surface area contributed by atoms with E-state index in [9.17, 15) is 9.90 Å². The molecule has 0 aliphatic carbocycles. The van der Waals surface area contributed by atoms with E-state index in [0.29, 0.717) is 24.8 Å². The smallest absolute Gasteiger partial charge is 0.315 e. The van der Waals surface area contributed by atoms with Gasteiger partial charge in [-0.1, -0.05) is 54.1 Å². The zero-order valence-corrected chi connectivity index (χ0v) is 14.0. The molecule has 128 valence electrons. The monoisotopic (exact) mass is 348 g/mol. The van der Waals surface area contributed by atoms with Gasteiger partial charge in [-0.25, -0.2) is 4.79 Å². The Kier molecular flexibility index (Phi) is 7.55. The van der Waals surface area contributed by atoms with Crippen LogP contribution in [0.3, 0.4) is 0 Å². The Bertz CT molecular complexity index is 620. The van der Waals surface area contributed by atoms with Crippen LogP contribution in [0.2, 0.25) is 5.02 Å². The van der Waals surface area contributed by atoms with Crippen molar-refractivity contribution in [1.82, 2.24) is 10.6 Å². The number of halogens is 1. The molecule has 2 aromatic rings. The Morgan fingerprint density at radius 1 is 1.12 bits per heavy atom. The zero-order chi connectivity index (χ0) is 17.2.